The molecule has 6 nitrogen and oxygen atoms in total. The van der Waals surface area contributed by atoms with Crippen molar-refractivity contribution in [1.82, 2.24) is 20.3 Å². The van der Waals surface area contributed by atoms with Crippen molar-refractivity contribution < 1.29 is 4.79 Å². The first-order valence-corrected chi connectivity index (χ1v) is 12.4. The van der Waals surface area contributed by atoms with Gasteiger partial charge >= 0.3 is 0 Å². The van der Waals surface area contributed by atoms with E-state index in [4.69, 9.17) is 0 Å². The molecule has 0 unspecified atom stereocenters. The number of piperidine rings is 1. The summed E-state index contributed by atoms with van der Waals surface area (Å²) in [5, 5.41) is 7.76. The maximum atomic E-state index is 13.1. The number of fused-ring (bicyclic) bond motifs is 1. The summed E-state index contributed by atoms with van der Waals surface area (Å²) in [6.45, 7) is 6.27. The minimum Gasteiger partial charge on any atom is -0.382 e. The van der Waals surface area contributed by atoms with E-state index in [1.807, 2.05) is 36.8 Å². The molecule has 0 spiro atoms. The normalized spacial score (nSPS) is 14.4. The van der Waals surface area contributed by atoms with E-state index in [-0.39, 0.29) is 12.2 Å². The van der Waals surface area contributed by atoms with Gasteiger partial charge in [0.1, 0.15) is 0 Å². The second-order valence-corrected chi connectivity index (χ2v) is 9.60. The Balaban J connectivity index is 1.36. The molecule has 2 N–H and O–H groups in total. The van der Waals surface area contributed by atoms with Crippen LogP contribution >= 0.6 is 0 Å². The van der Waals surface area contributed by atoms with Crippen LogP contribution in [0.1, 0.15) is 54.2 Å². The number of rotatable bonds is 7. The first-order chi connectivity index (χ1) is 17.0. The molecule has 0 radical (unpaired) electrons. The number of pyridine rings is 3. The number of hydrogen-bond acceptors (Lipinski definition) is 6. The van der Waals surface area contributed by atoms with Crippen LogP contribution in [-0.2, 0) is 6.42 Å². The Morgan fingerprint density at radius 3 is 2.66 bits per heavy atom. The molecule has 6 heteroatoms. The van der Waals surface area contributed by atoms with E-state index in [9.17, 15) is 4.79 Å². The van der Waals surface area contributed by atoms with Gasteiger partial charge < -0.3 is 10.6 Å². The smallest absolute Gasteiger partial charge is 0.168 e. The fraction of sp³-hybridized carbons (Fsp3) is 0.310. The zero-order valence-electron chi connectivity index (χ0n) is 20.3. The Morgan fingerprint density at radius 2 is 1.83 bits per heavy atom. The van der Waals surface area contributed by atoms with Crippen LogP contribution in [0.15, 0.2) is 67.3 Å². The van der Waals surface area contributed by atoms with Crippen molar-refractivity contribution in [3.05, 3.63) is 84.1 Å². The second kappa shape index (κ2) is 10.3. The molecule has 0 bridgehead atoms. The highest BCUT2D eigenvalue weighted by molar-refractivity contribution is 5.98. The first kappa shape index (κ1) is 23.1. The maximum Gasteiger partial charge on any atom is 0.168 e. The van der Waals surface area contributed by atoms with Gasteiger partial charge in [-0.2, -0.15) is 0 Å². The van der Waals surface area contributed by atoms with E-state index in [1.165, 1.54) is 5.56 Å². The minimum atomic E-state index is 0.0911. The lowest BCUT2D eigenvalue weighted by Crippen LogP contribution is -2.26. The Labute approximate surface area is 206 Å². The number of carbonyl (C=O) groups excluding carboxylic acids is 1. The van der Waals surface area contributed by atoms with Crippen LogP contribution in [-0.4, -0.2) is 39.9 Å². The minimum absolute atomic E-state index is 0.0911. The molecule has 0 atom stereocenters. The van der Waals surface area contributed by atoms with E-state index in [0.717, 1.165) is 64.9 Å². The number of Topliss-reactive ketones (excluding diaryl/α,β-unsaturated/α-hetero) is 1. The quantitative estimate of drug-likeness (QED) is 0.356. The third-order valence-electron chi connectivity index (χ3n) is 6.51. The summed E-state index contributed by atoms with van der Waals surface area (Å²) in [6, 6.07) is 14.6. The summed E-state index contributed by atoms with van der Waals surface area (Å²) >= 11 is 0. The fourth-order valence-electron chi connectivity index (χ4n) is 4.73. The summed E-state index contributed by atoms with van der Waals surface area (Å²) in [5.41, 5.74) is 6.54. The van der Waals surface area contributed by atoms with E-state index >= 15 is 0 Å². The Bertz CT molecular complexity index is 1340. The van der Waals surface area contributed by atoms with Crippen molar-refractivity contribution in [2.45, 2.75) is 45.1 Å². The number of nitrogens with zero attached hydrogens (tertiary/aromatic N) is 3. The van der Waals surface area contributed by atoms with Crippen LogP contribution in [0.3, 0.4) is 0 Å². The summed E-state index contributed by atoms with van der Waals surface area (Å²) in [7, 11) is 0. The maximum absolute atomic E-state index is 13.1. The molecule has 1 saturated heterocycles. The molecular weight excluding hydrogens is 434 g/mol. The molecule has 0 saturated carbocycles. The largest absolute Gasteiger partial charge is 0.382 e. The molecular formula is C29H31N5O. The SMILES string of the molecule is CC(C)Nc1cncc(-c2cnc3cnc(CC(=O)c4cccc(C5CCNCC5)c4)cc3c2)c1. The molecule has 3 aromatic heterocycles. The van der Waals surface area contributed by atoms with E-state index in [1.54, 1.807) is 6.20 Å². The molecule has 5 rings (SSSR count). The number of benzene rings is 1. The lowest BCUT2D eigenvalue weighted by molar-refractivity contribution is 0.0992. The van der Waals surface area contributed by atoms with Crippen LogP contribution in [0.2, 0.25) is 0 Å². The van der Waals surface area contributed by atoms with Crippen LogP contribution in [0.4, 0.5) is 5.69 Å². The van der Waals surface area contributed by atoms with Gasteiger partial charge in [0.05, 0.1) is 23.8 Å². The van der Waals surface area contributed by atoms with Gasteiger partial charge in [0.15, 0.2) is 5.78 Å². The van der Waals surface area contributed by atoms with Gasteiger partial charge in [-0.15, -0.1) is 0 Å². The number of aromatic nitrogens is 3. The average molecular weight is 466 g/mol. The number of carbonyl (C=O) groups is 1. The van der Waals surface area contributed by atoms with Crippen molar-refractivity contribution in [2.75, 3.05) is 18.4 Å². The summed E-state index contributed by atoms with van der Waals surface area (Å²) in [6.07, 6.45) is 9.77. The molecule has 0 aliphatic carbocycles. The van der Waals surface area contributed by atoms with Gasteiger partial charge in [0, 0.05) is 52.4 Å². The highest BCUT2D eigenvalue weighted by Gasteiger charge is 2.17. The van der Waals surface area contributed by atoms with Crippen LogP contribution in [0.25, 0.3) is 22.0 Å². The third kappa shape index (κ3) is 5.54. The van der Waals surface area contributed by atoms with Crippen molar-refractivity contribution >= 4 is 22.4 Å². The predicted molar refractivity (Wildman–Crippen MR) is 141 cm³/mol. The highest BCUT2D eigenvalue weighted by atomic mass is 16.1. The molecule has 1 aliphatic heterocycles. The zero-order chi connectivity index (χ0) is 24.2. The third-order valence-corrected chi connectivity index (χ3v) is 6.51. The van der Waals surface area contributed by atoms with Gasteiger partial charge in [-0.1, -0.05) is 18.2 Å². The van der Waals surface area contributed by atoms with Crippen LogP contribution in [0.5, 0.6) is 0 Å². The van der Waals surface area contributed by atoms with Gasteiger partial charge in [-0.3, -0.25) is 19.7 Å². The highest BCUT2D eigenvalue weighted by Crippen LogP contribution is 2.27. The van der Waals surface area contributed by atoms with Gasteiger partial charge in [0.25, 0.3) is 0 Å². The van der Waals surface area contributed by atoms with Gasteiger partial charge in [-0.25, -0.2) is 0 Å². The van der Waals surface area contributed by atoms with Crippen LogP contribution < -0.4 is 10.6 Å². The molecule has 178 valence electrons. The van der Waals surface area contributed by atoms with Crippen molar-refractivity contribution in [3.8, 4) is 11.1 Å². The lowest BCUT2D eigenvalue weighted by atomic mass is 9.88. The molecule has 1 aromatic carbocycles. The summed E-state index contributed by atoms with van der Waals surface area (Å²) in [5.74, 6) is 0.615. The topological polar surface area (TPSA) is 79.8 Å². The van der Waals surface area contributed by atoms with Crippen molar-refractivity contribution in [3.63, 3.8) is 0 Å². The van der Waals surface area contributed by atoms with Crippen LogP contribution in [0, 0.1) is 0 Å². The summed E-state index contributed by atoms with van der Waals surface area (Å²) < 4.78 is 0. The van der Waals surface area contributed by atoms with Gasteiger partial charge in [0.2, 0.25) is 0 Å². The monoisotopic (exact) mass is 465 g/mol. The molecule has 0 amide bonds. The van der Waals surface area contributed by atoms with E-state index < -0.39 is 0 Å². The van der Waals surface area contributed by atoms with Gasteiger partial charge in [-0.05, 0) is 75.5 Å². The van der Waals surface area contributed by atoms with Crippen molar-refractivity contribution in [2.24, 2.45) is 0 Å². The number of hydrogen-bond donors (Lipinski definition) is 2. The molecule has 1 fully saturated rings. The fourth-order valence-corrected chi connectivity index (χ4v) is 4.73. The van der Waals surface area contributed by atoms with E-state index in [0.29, 0.717) is 12.0 Å². The molecule has 4 aromatic rings. The first-order valence-electron chi connectivity index (χ1n) is 12.4. The summed E-state index contributed by atoms with van der Waals surface area (Å²) in [4.78, 5) is 26.6. The predicted octanol–water partition coefficient (Wildman–Crippen LogP) is 5.40. The Kier molecular flexibility index (Phi) is 6.82. The number of ketones is 1. The number of anilines is 1. The molecule has 35 heavy (non-hydrogen) atoms. The zero-order valence-corrected chi connectivity index (χ0v) is 20.3. The van der Waals surface area contributed by atoms with E-state index in [2.05, 4.69) is 63.7 Å². The average Bonchev–Trinajstić information content (AvgIpc) is 2.88. The lowest BCUT2D eigenvalue weighted by Gasteiger charge is -2.23. The standard InChI is InChI=1S/C29H31N5O/c1-19(2)34-27-13-25(15-31-17-27)24-11-23-12-26(32-18-28(23)33-16-24)14-29(35)22-5-3-4-21(10-22)20-6-8-30-9-7-20/h3-5,10-13,15-20,30,34H,6-9,14H2,1-2H3. The molecule has 4 heterocycles. The Morgan fingerprint density at radius 1 is 1.00 bits per heavy atom. The Hall–Kier alpha value is -3.64. The van der Waals surface area contributed by atoms with Crippen molar-refractivity contribution in [1.29, 1.82) is 0 Å². The number of nitrogens with one attached hydrogen (secondary N) is 2. The second-order valence-electron chi connectivity index (χ2n) is 9.60. The molecule has 1 aliphatic rings.